The fraction of sp³-hybridized carbons (Fsp3) is 0.261. The van der Waals surface area contributed by atoms with E-state index < -0.39 is 12.7 Å². The van der Waals surface area contributed by atoms with Gasteiger partial charge in [0.2, 0.25) is 0 Å². The molecule has 0 fully saturated rings. The predicted octanol–water partition coefficient (Wildman–Crippen LogP) is 3.31. The van der Waals surface area contributed by atoms with Crippen LogP contribution in [0.5, 0.6) is 0 Å². The van der Waals surface area contributed by atoms with Crippen LogP contribution in [0.3, 0.4) is 0 Å². The number of aromatic nitrogens is 6. The summed E-state index contributed by atoms with van der Waals surface area (Å²) >= 11 is 0. The summed E-state index contributed by atoms with van der Waals surface area (Å²) in [6.07, 6.45) is 2.83. The normalized spacial score (nSPS) is 11.1. The highest BCUT2D eigenvalue weighted by molar-refractivity contribution is 5.87. The zero-order valence-corrected chi connectivity index (χ0v) is 17.7. The average Bonchev–Trinajstić information content (AvgIpc) is 3.46. The molecule has 4 rings (SSSR count). The van der Waals surface area contributed by atoms with Gasteiger partial charge in [0.25, 0.3) is 0 Å². The largest absolute Gasteiger partial charge is 0.477 e. The molecule has 0 spiro atoms. The number of carboxylic acids is 1. The van der Waals surface area contributed by atoms with Crippen molar-refractivity contribution in [3.05, 3.63) is 71.3 Å². The number of aryl methyl sites for hydroxylation is 1. The first-order chi connectivity index (χ1) is 15.6. The number of nitrogens with one attached hydrogen (secondary N) is 1. The molecular weight excluding hydrogens is 408 g/mol. The number of hydrogen-bond acceptors (Lipinski definition) is 6. The quantitative estimate of drug-likeness (QED) is 0.370. The Morgan fingerprint density at radius 3 is 2.47 bits per heavy atom. The molecule has 0 saturated carbocycles. The van der Waals surface area contributed by atoms with Gasteiger partial charge in [0, 0.05) is 18.4 Å². The summed E-state index contributed by atoms with van der Waals surface area (Å²) in [6.45, 7) is 1.66. The summed E-state index contributed by atoms with van der Waals surface area (Å²) in [7, 11) is 0. The lowest BCUT2D eigenvalue weighted by molar-refractivity contribution is 0.0671. The Bertz CT molecular complexity index is 1200. The molecule has 2 heterocycles. The number of hydrogen-bond donors (Lipinski definition) is 3. The van der Waals surface area contributed by atoms with Crippen LogP contribution in [0.4, 0.5) is 0 Å². The Kier molecular flexibility index (Phi) is 6.37. The van der Waals surface area contributed by atoms with E-state index in [2.05, 4.69) is 32.5 Å². The lowest BCUT2D eigenvalue weighted by Gasteiger charge is -2.08. The van der Waals surface area contributed by atoms with Crippen molar-refractivity contribution in [2.24, 2.45) is 0 Å². The molecule has 32 heavy (non-hydrogen) atoms. The van der Waals surface area contributed by atoms with Crippen LogP contribution in [0.1, 0.15) is 47.3 Å². The molecule has 4 aromatic rings. The van der Waals surface area contributed by atoms with E-state index in [0.29, 0.717) is 30.2 Å². The highest BCUT2D eigenvalue weighted by Crippen LogP contribution is 2.30. The number of aliphatic hydroxyl groups is 1. The Labute approximate surface area is 184 Å². The molecule has 0 aliphatic heterocycles. The third-order valence-corrected chi connectivity index (χ3v) is 5.38. The van der Waals surface area contributed by atoms with Crippen molar-refractivity contribution in [3.8, 4) is 22.5 Å². The van der Waals surface area contributed by atoms with Gasteiger partial charge in [-0.2, -0.15) is 0 Å². The van der Waals surface area contributed by atoms with Crippen molar-refractivity contribution in [1.29, 1.82) is 0 Å². The van der Waals surface area contributed by atoms with Crippen molar-refractivity contribution in [3.63, 3.8) is 0 Å². The lowest BCUT2D eigenvalue weighted by Crippen LogP contribution is -2.13. The van der Waals surface area contributed by atoms with Crippen molar-refractivity contribution < 1.29 is 15.0 Å². The van der Waals surface area contributed by atoms with Gasteiger partial charge in [0.1, 0.15) is 12.6 Å². The number of aromatic carboxylic acids is 1. The van der Waals surface area contributed by atoms with E-state index in [9.17, 15) is 15.0 Å². The maximum absolute atomic E-state index is 11.9. The fourth-order valence-electron chi connectivity index (χ4n) is 3.80. The number of unbranched alkanes of at least 4 members (excludes halogenated alkanes) is 1. The maximum atomic E-state index is 11.9. The first kappa shape index (κ1) is 21.4. The summed E-state index contributed by atoms with van der Waals surface area (Å²) in [6, 6.07) is 15.7. The van der Waals surface area contributed by atoms with Gasteiger partial charge in [-0.1, -0.05) is 61.9 Å². The molecule has 0 saturated heterocycles. The van der Waals surface area contributed by atoms with E-state index in [1.165, 1.54) is 4.57 Å². The number of benzene rings is 2. The zero-order chi connectivity index (χ0) is 22.5. The van der Waals surface area contributed by atoms with Crippen LogP contribution in [-0.2, 0) is 19.6 Å². The number of carbonyl (C=O) groups is 1. The van der Waals surface area contributed by atoms with Gasteiger partial charge in [-0.05, 0) is 33.5 Å². The first-order valence-corrected chi connectivity index (χ1v) is 10.5. The molecule has 0 amide bonds. The fourth-order valence-corrected chi connectivity index (χ4v) is 3.80. The zero-order valence-electron chi connectivity index (χ0n) is 17.7. The van der Waals surface area contributed by atoms with Gasteiger partial charge in [0.05, 0.1) is 5.69 Å². The summed E-state index contributed by atoms with van der Waals surface area (Å²) in [5.41, 5.74) is 4.30. The molecule has 2 aromatic heterocycles. The molecule has 0 radical (unpaired) electrons. The molecule has 9 heteroatoms. The van der Waals surface area contributed by atoms with Crippen LogP contribution in [0.2, 0.25) is 0 Å². The third kappa shape index (κ3) is 4.28. The van der Waals surface area contributed by atoms with Gasteiger partial charge >= 0.3 is 5.97 Å². The SMILES string of the molecule is CCCCc1nc(Cc2ccc(-c3ccccc3-c3nnn[nH]3)cc2)c(C(=O)O)n1CO. The van der Waals surface area contributed by atoms with Gasteiger partial charge in [-0.3, -0.25) is 4.57 Å². The van der Waals surface area contributed by atoms with Crippen LogP contribution < -0.4 is 0 Å². The van der Waals surface area contributed by atoms with E-state index in [0.717, 1.165) is 35.1 Å². The summed E-state index contributed by atoms with van der Waals surface area (Å²) in [5.74, 6) is 0.105. The standard InChI is InChI=1S/C23H24N6O3/c1-2-3-8-20-24-19(21(23(31)32)29(20)14-30)13-15-9-11-16(12-10-15)17-6-4-5-7-18(17)22-25-27-28-26-22/h4-7,9-12,30H,2-3,8,13-14H2,1H3,(H,31,32)(H,25,26,27,28). The van der Waals surface area contributed by atoms with Gasteiger partial charge in [0.15, 0.2) is 11.5 Å². The number of aliphatic hydroxyl groups excluding tert-OH is 1. The monoisotopic (exact) mass is 432 g/mol. The minimum atomic E-state index is -1.09. The van der Waals surface area contributed by atoms with E-state index in [4.69, 9.17) is 0 Å². The van der Waals surface area contributed by atoms with Crippen LogP contribution in [0, 0.1) is 0 Å². The molecule has 0 bridgehead atoms. The highest BCUT2D eigenvalue weighted by atomic mass is 16.4. The van der Waals surface area contributed by atoms with Crippen molar-refractivity contribution >= 4 is 5.97 Å². The Morgan fingerprint density at radius 2 is 1.84 bits per heavy atom. The van der Waals surface area contributed by atoms with E-state index in [1.54, 1.807) is 0 Å². The second kappa shape index (κ2) is 9.52. The number of tetrazole rings is 1. The Balaban J connectivity index is 1.63. The van der Waals surface area contributed by atoms with Crippen LogP contribution in [-0.4, -0.2) is 46.4 Å². The van der Waals surface area contributed by atoms with Crippen molar-refractivity contribution in [2.45, 2.75) is 39.3 Å². The topological polar surface area (TPSA) is 130 Å². The van der Waals surface area contributed by atoms with Crippen molar-refractivity contribution in [2.75, 3.05) is 0 Å². The van der Waals surface area contributed by atoms with Gasteiger partial charge in [-0.15, -0.1) is 5.10 Å². The molecule has 2 aromatic carbocycles. The average molecular weight is 432 g/mol. The summed E-state index contributed by atoms with van der Waals surface area (Å²) in [5, 5.41) is 33.6. The Morgan fingerprint density at radius 1 is 1.09 bits per heavy atom. The van der Waals surface area contributed by atoms with Crippen LogP contribution in [0.25, 0.3) is 22.5 Å². The molecule has 0 aliphatic rings. The smallest absolute Gasteiger partial charge is 0.354 e. The molecule has 3 N–H and O–H groups in total. The second-order valence-corrected chi connectivity index (χ2v) is 7.47. The molecule has 9 nitrogen and oxygen atoms in total. The van der Waals surface area contributed by atoms with Gasteiger partial charge < -0.3 is 10.2 Å². The molecule has 0 atom stereocenters. The number of rotatable bonds is 9. The molecule has 0 unspecified atom stereocenters. The molecular formula is C23H24N6O3. The van der Waals surface area contributed by atoms with Crippen molar-refractivity contribution in [1.82, 2.24) is 30.2 Å². The minimum absolute atomic E-state index is 0.0471. The summed E-state index contributed by atoms with van der Waals surface area (Å²) in [4.78, 5) is 16.4. The number of H-pyrrole nitrogens is 1. The highest BCUT2D eigenvalue weighted by Gasteiger charge is 2.22. The van der Waals surface area contributed by atoms with Crippen LogP contribution >= 0.6 is 0 Å². The number of nitrogens with zero attached hydrogens (tertiary/aromatic N) is 5. The number of imidazole rings is 1. The minimum Gasteiger partial charge on any atom is -0.477 e. The van der Waals surface area contributed by atoms with Crippen LogP contribution in [0.15, 0.2) is 48.5 Å². The van der Waals surface area contributed by atoms with E-state index >= 15 is 0 Å². The predicted molar refractivity (Wildman–Crippen MR) is 118 cm³/mol. The number of aromatic amines is 1. The lowest BCUT2D eigenvalue weighted by atomic mass is 9.97. The van der Waals surface area contributed by atoms with E-state index in [-0.39, 0.29) is 5.69 Å². The van der Waals surface area contributed by atoms with E-state index in [1.807, 2.05) is 48.5 Å². The second-order valence-electron chi connectivity index (χ2n) is 7.47. The molecule has 0 aliphatic carbocycles. The summed E-state index contributed by atoms with van der Waals surface area (Å²) < 4.78 is 1.39. The third-order valence-electron chi connectivity index (χ3n) is 5.38. The van der Waals surface area contributed by atoms with Gasteiger partial charge in [-0.25, -0.2) is 14.9 Å². The number of carboxylic acid groups (broad SMARTS) is 1. The maximum Gasteiger partial charge on any atom is 0.354 e. The molecule has 164 valence electrons. The first-order valence-electron chi connectivity index (χ1n) is 10.5. The Hall–Kier alpha value is -3.85.